The molecule has 0 aliphatic carbocycles. The molecule has 0 bridgehead atoms. The standard InChI is InChI=1S/C27H27Cl2NO3/c1-27(2,3)33-23-11-9-22(10-12-23)32-17-21-14-18-6-4-5-7-20(18)16-30(21)26(31)19-8-13-24(28)25(29)15-19/h4-13,15,21H,14,16-17H2,1-3H3/t21-/m0/s1. The fraction of sp³-hybridized carbons (Fsp3) is 0.296. The van der Waals surface area contributed by atoms with Gasteiger partial charge in [0.15, 0.2) is 0 Å². The second-order valence-corrected chi connectivity index (χ2v) is 10.00. The van der Waals surface area contributed by atoms with E-state index in [1.165, 1.54) is 5.56 Å². The largest absolute Gasteiger partial charge is 0.491 e. The van der Waals surface area contributed by atoms with E-state index in [4.69, 9.17) is 32.7 Å². The summed E-state index contributed by atoms with van der Waals surface area (Å²) in [5.74, 6) is 1.43. The Bertz CT molecular complexity index is 1140. The third-order valence-corrected chi connectivity index (χ3v) is 6.21. The molecule has 33 heavy (non-hydrogen) atoms. The summed E-state index contributed by atoms with van der Waals surface area (Å²) in [6.45, 7) is 6.93. The van der Waals surface area contributed by atoms with Crippen LogP contribution < -0.4 is 9.47 Å². The van der Waals surface area contributed by atoms with Crippen molar-refractivity contribution in [3.63, 3.8) is 0 Å². The zero-order valence-electron chi connectivity index (χ0n) is 19.0. The average molecular weight is 484 g/mol. The normalized spacial score (nSPS) is 15.7. The number of carbonyl (C=O) groups is 1. The van der Waals surface area contributed by atoms with E-state index in [2.05, 4.69) is 12.1 Å². The first-order valence-corrected chi connectivity index (χ1v) is 11.7. The van der Waals surface area contributed by atoms with Crippen LogP contribution in [0.3, 0.4) is 0 Å². The van der Waals surface area contributed by atoms with Crippen molar-refractivity contribution in [1.29, 1.82) is 0 Å². The topological polar surface area (TPSA) is 38.8 Å². The van der Waals surface area contributed by atoms with Crippen LogP contribution in [0.2, 0.25) is 10.0 Å². The van der Waals surface area contributed by atoms with Gasteiger partial charge in [-0.2, -0.15) is 0 Å². The first kappa shape index (κ1) is 23.5. The van der Waals surface area contributed by atoms with E-state index in [0.29, 0.717) is 35.2 Å². The molecule has 0 fully saturated rings. The Morgan fingerprint density at radius 1 is 0.939 bits per heavy atom. The molecule has 1 atom stereocenters. The number of ether oxygens (including phenoxy) is 2. The lowest BCUT2D eigenvalue weighted by molar-refractivity contribution is 0.0566. The molecule has 4 nitrogen and oxygen atoms in total. The first-order valence-electron chi connectivity index (χ1n) is 10.9. The molecule has 3 aromatic rings. The van der Waals surface area contributed by atoms with E-state index >= 15 is 0 Å². The van der Waals surface area contributed by atoms with Gasteiger partial charge in [0, 0.05) is 12.1 Å². The lowest BCUT2D eigenvalue weighted by Gasteiger charge is -2.37. The van der Waals surface area contributed by atoms with Gasteiger partial charge in [0.05, 0.1) is 16.1 Å². The number of halogens is 2. The molecule has 1 heterocycles. The number of nitrogens with zero attached hydrogens (tertiary/aromatic N) is 1. The zero-order valence-corrected chi connectivity index (χ0v) is 20.5. The van der Waals surface area contributed by atoms with Crippen molar-refractivity contribution in [1.82, 2.24) is 4.90 Å². The Morgan fingerprint density at radius 2 is 1.61 bits per heavy atom. The van der Waals surface area contributed by atoms with Gasteiger partial charge >= 0.3 is 0 Å². The Hall–Kier alpha value is -2.69. The summed E-state index contributed by atoms with van der Waals surface area (Å²) in [7, 11) is 0. The monoisotopic (exact) mass is 483 g/mol. The molecular formula is C27H27Cl2NO3. The highest BCUT2D eigenvalue weighted by molar-refractivity contribution is 6.42. The SMILES string of the molecule is CC(C)(C)Oc1ccc(OC[C@@H]2Cc3ccccc3CN2C(=O)c2ccc(Cl)c(Cl)c2)cc1. The van der Waals surface area contributed by atoms with Crippen molar-refractivity contribution in [2.24, 2.45) is 0 Å². The van der Waals surface area contributed by atoms with E-state index in [9.17, 15) is 4.79 Å². The molecule has 0 N–H and O–H groups in total. The number of benzene rings is 3. The fourth-order valence-electron chi connectivity index (χ4n) is 3.92. The molecule has 6 heteroatoms. The van der Waals surface area contributed by atoms with Crippen LogP contribution in [0.4, 0.5) is 0 Å². The van der Waals surface area contributed by atoms with Crippen LogP contribution >= 0.6 is 23.2 Å². The van der Waals surface area contributed by atoms with Crippen LogP contribution in [0.25, 0.3) is 0 Å². The quantitative estimate of drug-likeness (QED) is 0.399. The van der Waals surface area contributed by atoms with Crippen LogP contribution in [-0.2, 0) is 13.0 Å². The maximum Gasteiger partial charge on any atom is 0.254 e. The van der Waals surface area contributed by atoms with Crippen LogP contribution in [0.15, 0.2) is 66.7 Å². The molecule has 3 aromatic carbocycles. The fourth-order valence-corrected chi connectivity index (χ4v) is 4.22. The Balaban J connectivity index is 1.52. The zero-order chi connectivity index (χ0) is 23.6. The minimum atomic E-state index is -0.261. The Morgan fingerprint density at radius 3 is 2.27 bits per heavy atom. The minimum absolute atomic E-state index is 0.0920. The molecule has 0 unspecified atom stereocenters. The molecular weight excluding hydrogens is 457 g/mol. The smallest absolute Gasteiger partial charge is 0.254 e. The van der Waals surface area contributed by atoms with Crippen LogP contribution in [0.5, 0.6) is 11.5 Å². The predicted octanol–water partition coefficient (Wildman–Crippen LogP) is 6.82. The highest BCUT2D eigenvalue weighted by atomic mass is 35.5. The van der Waals surface area contributed by atoms with Crippen molar-refractivity contribution in [3.05, 3.63) is 93.5 Å². The minimum Gasteiger partial charge on any atom is -0.491 e. The van der Waals surface area contributed by atoms with Gasteiger partial charge in [0.1, 0.15) is 23.7 Å². The van der Waals surface area contributed by atoms with Gasteiger partial charge in [-0.3, -0.25) is 4.79 Å². The molecule has 4 rings (SSSR count). The number of hydrogen-bond donors (Lipinski definition) is 0. The molecule has 0 spiro atoms. The average Bonchev–Trinajstić information content (AvgIpc) is 2.78. The molecule has 0 saturated carbocycles. The van der Waals surface area contributed by atoms with Crippen molar-refractivity contribution >= 4 is 29.1 Å². The number of amides is 1. The van der Waals surface area contributed by atoms with Crippen LogP contribution in [0, 0.1) is 0 Å². The molecule has 1 aliphatic heterocycles. The molecule has 1 aliphatic rings. The maximum absolute atomic E-state index is 13.4. The van der Waals surface area contributed by atoms with Crippen LogP contribution in [0.1, 0.15) is 42.3 Å². The summed E-state index contributed by atoms with van der Waals surface area (Å²) in [4.78, 5) is 15.3. The third-order valence-electron chi connectivity index (χ3n) is 5.47. The Labute approximate surface area is 205 Å². The van der Waals surface area contributed by atoms with E-state index in [1.54, 1.807) is 18.2 Å². The van der Waals surface area contributed by atoms with Crippen LogP contribution in [-0.4, -0.2) is 29.1 Å². The summed E-state index contributed by atoms with van der Waals surface area (Å²) in [5.41, 5.74) is 2.63. The number of carbonyl (C=O) groups excluding carboxylic acids is 1. The third kappa shape index (κ3) is 5.82. The van der Waals surface area contributed by atoms with Gasteiger partial charge in [-0.1, -0.05) is 47.5 Å². The van der Waals surface area contributed by atoms with E-state index in [-0.39, 0.29) is 17.6 Å². The maximum atomic E-state index is 13.4. The van der Waals surface area contributed by atoms with Crippen molar-refractivity contribution in [2.75, 3.05) is 6.61 Å². The molecule has 1 amide bonds. The first-order chi connectivity index (χ1) is 15.7. The van der Waals surface area contributed by atoms with E-state index in [1.807, 2.05) is 62.1 Å². The second kappa shape index (κ2) is 9.66. The second-order valence-electron chi connectivity index (χ2n) is 9.19. The number of rotatable bonds is 5. The predicted molar refractivity (Wildman–Crippen MR) is 133 cm³/mol. The van der Waals surface area contributed by atoms with Gasteiger partial charge < -0.3 is 14.4 Å². The van der Waals surface area contributed by atoms with Gasteiger partial charge in [-0.15, -0.1) is 0 Å². The van der Waals surface area contributed by atoms with E-state index < -0.39 is 0 Å². The summed E-state index contributed by atoms with van der Waals surface area (Å²) in [5, 5.41) is 0.793. The highest BCUT2D eigenvalue weighted by Gasteiger charge is 2.31. The number of fused-ring (bicyclic) bond motifs is 1. The molecule has 0 radical (unpaired) electrons. The lowest BCUT2D eigenvalue weighted by atomic mass is 9.93. The summed E-state index contributed by atoms with van der Waals surface area (Å²) in [6, 6.07) is 20.7. The summed E-state index contributed by atoms with van der Waals surface area (Å²) in [6.07, 6.45) is 0.717. The van der Waals surface area contributed by atoms with Gasteiger partial charge in [-0.25, -0.2) is 0 Å². The van der Waals surface area contributed by atoms with Gasteiger partial charge in [-0.05, 0) is 80.8 Å². The molecule has 172 valence electrons. The summed E-state index contributed by atoms with van der Waals surface area (Å²) >= 11 is 12.2. The van der Waals surface area contributed by atoms with Crippen molar-refractivity contribution < 1.29 is 14.3 Å². The van der Waals surface area contributed by atoms with E-state index in [0.717, 1.165) is 17.1 Å². The lowest BCUT2D eigenvalue weighted by Crippen LogP contribution is -2.47. The summed E-state index contributed by atoms with van der Waals surface area (Å²) < 4.78 is 12.0. The van der Waals surface area contributed by atoms with Crippen molar-refractivity contribution in [3.8, 4) is 11.5 Å². The van der Waals surface area contributed by atoms with Gasteiger partial charge in [0.2, 0.25) is 0 Å². The van der Waals surface area contributed by atoms with Crippen molar-refractivity contribution in [2.45, 2.75) is 45.4 Å². The highest BCUT2D eigenvalue weighted by Crippen LogP contribution is 2.29. The Kier molecular flexibility index (Phi) is 6.87. The molecule has 0 saturated heterocycles. The molecule has 0 aromatic heterocycles. The van der Waals surface area contributed by atoms with Gasteiger partial charge in [0.25, 0.3) is 5.91 Å². The number of hydrogen-bond acceptors (Lipinski definition) is 3.